The van der Waals surface area contributed by atoms with Crippen molar-refractivity contribution in [1.29, 1.82) is 0 Å². The van der Waals surface area contributed by atoms with Gasteiger partial charge < -0.3 is 19.7 Å². The van der Waals surface area contributed by atoms with Crippen molar-refractivity contribution in [2.24, 2.45) is 0 Å². The monoisotopic (exact) mass is 256 g/mol. The molecule has 0 bridgehead atoms. The second kappa shape index (κ2) is 5.55. The Labute approximate surface area is 109 Å². The van der Waals surface area contributed by atoms with E-state index in [0.29, 0.717) is 13.2 Å². The third kappa shape index (κ3) is 3.02. The van der Waals surface area contributed by atoms with Gasteiger partial charge in [0.1, 0.15) is 6.61 Å². The van der Waals surface area contributed by atoms with Crippen molar-refractivity contribution in [1.82, 2.24) is 10.2 Å². The molecule has 5 nitrogen and oxygen atoms in total. The van der Waals surface area contributed by atoms with Gasteiger partial charge >= 0.3 is 0 Å². The molecule has 2 unspecified atom stereocenters. The van der Waals surface area contributed by atoms with E-state index >= 15 is 0 Å². The molecule has 0 aromatic rings. The summed E-state index contributed by atoms with van der Waals surface area (Å²) in [6.45, 7) is 9.29. The fourth-order valence-corrected chi connectivity index (χ4v) is 2.39. The zero-order valence-corrected chi connectivity index (χ0v) is 11.6. The van der Waals surface area contributed by atoms with Gasteiger partial charge in [-0.3, -0.25) is 4.79 Å². The van der Waals surface area contributed by atoms with Crippen molar-refractivity contribution in [3.8, 4) is 0 Å². The Hall–Kier alpha value is -0.650. The Kier molecular flexibility index (Phi) is 4.25. The lowest BCUT2D eigenvalue weighted by Crippen LogP contribution is -2.60. The summed E-state index contributed by atoms with van der Waals surface area (Å²) in [5.74, 6) is 0.0881. The summed E-state index contributed by atoms with van der Waals surface area (Å²) in [6, 6.07) is 0.199. The highest BCUT2D eigenvalue weighted by molar-refractivity contribution is 5.78. The maximum Gasteiger partial charge on any atom is 0.249 e. The molecule has 0 spiro atoms. The predicted octanol–water partition coefficient (Wildman–Crippen LogP) is 0.391. The minimum Gasteiger partial charge on any atom is -0.375 e. The van der Waals surface area contributed by atoms with Gasteiger partial charge in [-0.2, -0.15) is 0 Å². The van der Waals surface area contributed by atoms with Gasteiger partial charge in [0.25, 0.3) is 0 Å². The van der Waals surface area contributed by atoms with Crippen LogP contribution in [-0.4, -0.2) is 61.4 Å². The van der Waals surface area contributed by atoms with Gasteiger partial charge in [-0.25, -0.2) is 0 Å². The van der Waals surface area contributed by atoms with Crippen LogP contribution in [0.1, 0.15) is 27.2 Å². The molecule has 2 aliphatic rings. The predicted molar refractivity (Wildman–Crippen MR) is 68.4 cm³/mol. The molecule has 2 fully saturated rings. The fraction of sp³-hybridized carbons (Fsp3) is 0.923. The first kappa shape index (κ1) is 13.8. The highest BCUT2D eigenvalue weighted by atomic mass is 16.5. The molecule has 18 heavy (non-hydrogen) atoms. The number of nitrogens with one attached hydrogen (secondary N) is 1. The summed E-state index contributed by atoms with van der Waals surface area (Å²) < 4.78 is 11.3. The van der Waals surface area contributed by atoms with Crippen molar-refractivity contribution in [3.63, 3.8) is 0 Å². The maximum atomic E-state index is 12.2. The lowest BCUT2D eigenvalue weighted by Gasteiger charge is -2.41. The summed E-state index contributed by atoms with van der Waals surface area (Å²) in [7, 11) is 0. The Morgan fingerprint density at radius 2 is 2.28 bits per heavy atom. The molecule has 0 aromatic carbocycles. The van der Waals surface area contributed by atoms with E-state index < -0.39 is 0 Å². The van der Waals surface area contributed by atoms with Crippen LogP contribution in [0.4, 0.5) is 0 Å². The number of amides is 1. The molecule has 2 rings (SSSR count). The highest BCUT2D eigenvalue weighted by Crippen LogP contribution is 2.18. The summed E-state index contributed by atoms with van der Waals surface area (Å²) in [4.78, 5) is 14.1. The Morgan fingerprint density at radius 1 is 1.56 bits per heavy atom. The van der Waals surface area contributed by atoms with Crippen LogP contribution >= 0.6 is 0 Å². The van der Waals surface area contributed by atoms with Gasteiger partial charge in [0.05, 0.1) is 24.4 Å². The number of hydrogen-bond donors (Lipinski definition) is 1. The third-order valence-corrected chi connectivity index (χ3v) is 3.80. The molecule has 104 valence electrons. The number of morpholine rings is 1. The smallest absolute Gasteiger partial charge is 0.249 e. The van der Waals surface area contributed by atoms with E-state index in [1.807, 2.05) is 18.7 Å². The molecular weight excluding hydrogens is 232 g/mol. The van der Waals surface area contributed by atoms with Crippen LogP contribution in [-0.2, 0) is 14.3 Å². The van der Waals surface area contributed by atoms with Crippen LogP contribution in [0.2, 0.25) is 0 Å². The van der Waals surface area contributed by atoms with Crippen LogP contribution < -0.4 is 5.32 Å². The second-order valence-electron chi connectivity index (χ2n) is 5.59. The highest BCUT2D eigenvalue weighted by Gasteiger charge is 2.35. The summed E-state index contributed by atoms with van der Waals surface area (Å²) >= 11 is 0. The van der Waals surface area contributed by atoms with Crippen LogP contribution in [0.15, 0.2) is 0 Å². The molecule has 0 saturated carbocycles. The van der Waals surface area contributed by atoms with Crippen LogP contribution in [0.25, 0.3) is 0 Å². The van der Waals surface area contributed by atoms with Crippen molar-refractivity contribution in [2.45, 2.75) is 44.9 Å². The summed E-state index contributed by atoms with van der Waals surface area (Å²) in [6.07, 6.45) is 1.05. The van der Waals surface area contributed by atoms with E-state index in [4.69, 9.17) is 9.47 Å². The molecule has 1 N–H and O–H groups in total. The summed E-state index contributed by atoms with van der Waals surface area (Å²) in [5, 5.41) is 3.16. The molecule has 1 amide bonds. The molecule has 0 aromatic heterocycles. The topological polar surface area (TPSA) is 50.8 Å². The molecule has 0 radical (unpaired) electrons. The number of carbonyl (C=O) groups excluding carboxylic acids is 1. The first-order valence-corrected chi connectivity index (χ1v) is 6.80. The van der Waals surface area contributed by atoms with Gasteiger partial charge in [0.2, 0.25) is 5.91 Å². The van der Waals surface area contributed by atoms with Crippen molar-refractivity contribution in [3.05, 3.63) is 0 Å². The number of ether oxygens (including phenoxy) is 2. The average Bonchev–Trinajstić information content (AvgIpc) is 2.33. The zero-order chi connectivity index (χ0) is 13.2. The third-order valence-electron chi connectivity index (χ3n) is 3.80. The van der Waals surface area contributed by atoms with E-state index in [9.17, 15) is 4.79 Å². The first-order valence-electron chi connectivity index (χ1n) is 6.80. The second-order valence-corrected chi connectivity index (χ2v) is 5.59. The Balaban J connectivity index is 1.85. The minimum atomic E-state index is -0.157. The maximum absolute atomic E-state index is 12.2. The number of carbonyl (C=O) groups is 1. The number of rotatable bonds is 4. The first-order chi connectivity index (χ1) is 8.54. The number of nitrogens with zero attached hydrogens (tertiary/aromatic N) is 1. The van der Waals surface area contributed by atoms with E-state index in [1.165, 1.54) is 0 Å². The van der Waals surface area contributed by atoms with Gasteiger partial charge in [-0.15, -0.1) is 0 Å². The normalized spacial score (nSPS) is 30.9. The van der Waals surface area contributed by atoms with Crippen LogP contribution in [0.3, 0.4) is 0 Å². The Bertz CT molecular complexity index is 305. The standard InChI is InChI=1S/C13H24N2O3/c1-4-11-6-17-10(2)5-15(11)12(16)7-18-13(3)8-14-9-13/h10-11,14H,4-9H2,1-3H3. The molecular formula is C13H24N2O3. The van der Waals surface area contributed by atoms with Gasteiger partial charge in [0, 0.05) is 19.6 Å². The average molecular weight is 256 g/mol. The molecule has 2 aliphatic heterocycles. The van der Waals surface area contributed by atoms with Crippen LogP contribution in [0.5, 0.6) is 0 Å². The lowest BCUT2D eigenvalue weighted by molar-refractivity contribution is -0.157. The fourth-order valence-electron chi connectivity index (χ4n) is 2.39. The Morgan fingerprint density at radius 3 is 2.83 bits per heavy atom. The van der Waals surface area contributed by atoms with E-state index in [0.717, 1.165) is 19.5 Å². The minimum absolute atomic E-state index is 0.0881. The largest absolute Gasteiger partial charge is 0.375 e. The molecule has 0 aliphatic carbocycles. The van der Waals surface area contributed by atoms with Crippen molar-refractivity contribution < 1.29 is 14.3 Å². The summed E-state index contributed by atoms with van der Waals surface area (Å²) in [5.41, 5.74) is -0.157. The van der Waals surface area contributed by atoms with Crippen molar-refractivity contribution in [2.75, 3.05) is 32.8 Å². The van der Waals surface area contributed by atoms with Crippen molar-refractivity contribution >= 4 is 5.91 Å². The van der Waals surface area contributed by atoms with E-state index in [-0.39, 0.29) is 30.3 Å². The number of hydrogen-bond acceptors (Lipinski definition) is 4. The molecule has 2 saturated heterocycles. The SMILES string of the molecule is CCC1COC(C)CN1C(=O)COC1(C)CNC1. The van der Waals surface area contributed by atoms with Gasteiger partial charge in [0.15, 0.2) is 0 Å². The molecule has 2 heterocycles. The molecule has 2 atom stereocenters. The van der Waals surface area contributed by atoms with E-state index in [1.54, 1.807) is 0 Å². The zero-order valence-electron chi connectivity index (χ0n) is 11.6. The molecule has 5 heteroatoms. The van der Waals surface area contributed by atoms with Crippen LogP contribution in [0, 0.1) is 0 Å². The lowest BCUT2D eigenvalue weighted by atomic mass is 10.0. The van der Waals surface area contributed by atoms with E-state index in [2.05, 4.69) is 12.2 Å². The van der Waals surface area contributed by atoms with Gasteiger partial charge in [-0.05, 0) is 20.3 Å². The quantitative estimate of drug-likeness (QED) is 0.790. The van der Waals surface area contributed by atoms with Gasteiger partial charge in [-0.1, -0.05) is 6.92 Å².